The van der Waals surface area contributed by atoms with Gasteiger partial charge in [0.25, 0.3) is 5.56 Å². The molecule has 0 saturated heterocycles. The molecule has 3 rings (SSSR count). The van der Waals surface area contributed by atoms with Crippen LogP contribution < -0.4 is 10.9 Å². The Morgan fingerprint density at radius 3 is 2.85 bits per heavy atom. The van der Waals surface area contributed by atoms with Crippen molar-refractivity contribution in [3.05, 3.63) is 34.4 Å². The smallest absolute Gasteiger partial charge is 0.340 e. The predicted molar refractivity (Wildman–Crippen MR) is 87.4 cm³/mol. The number of amides is 1. The Balaban J connectivity index is 2.09. The molecule has 1 atom stereocenters. The first-order valence-corrected chi connectivity index (χ1v) is 7.47. The zero-order valence-corrected chi connectivity index (χ0v) is 13.9. The number of hydrogen-bond acceptors (Lipinski definition) is 9. The molecule has 12 heteroatoms. The van der Waals surface area contributed by atoms with Crippen LogP contribution in [0.4, 0.5) is 5.69 Å². The summed E-state index contributed by atoms with van der Waals surface area (Å²) in [6.45, 7) is 2.01. The second-order valence-electron chi connectivity index (χ2n) is 5.35. The highest BCUT2D eigenvalue weighted by Crippen LogP contribution is 2.21. The van der Waals surface area contributed by atoms with Gasteiger partial charge in [0.1, 0.15) is 5.52 Å². The lowest BCUT2D eigenvalue weighted by Crippen LogP contribution is -2.30. The van der Waals surface area contributed by atoms with E-state index in [1.807, 2.05) is 0 Å². The third-order valence-electron chi connectivity index (χ3n) is 3.68. The first-order valence-electron chi connectivity index (χ1n) is 7.47. The van der Waals surface area contributed by atoms with E-state index in [0.717, 1.165) is 0 Å². The normalized spacial score (nSPS) is 11.9. The number of fused-ring (bicyclic) bond motifs is 1. The van der Waals surface area contributed by atoms with Crippen LogP contribution in [0.3, 0.4) is 0 Å². The minimum atomic E-state index is -0.673. The number of esters is 1. The van der Waals surface area contributed by atoms with Crippen LogP contribution in [0.25, 0.3) is 10.9 Å². The summed E-state index contributed by atoms with van der Waals surface area (Å²) < 4.78 is 5.85. The van der Waals surface area contributed by atoms with E-state index in [4.69, 9.17) is 0 Å². The molecule has 2 aromatic heterocycles. The van der Waals surface area contributed by atoms with Crippen molar-refractivity contribution >= 4 is 29.0 Å². The molecule has 0 aliphatic rings. The van der Waals surface area contributed by atoms with Gasteiger partial charge in [0.05, 0.1) is 36.3 Å². The van der Waals surface area contributed by atoms with Crippen LogP contribution in [0, 0.1) is 0 Å². The predicted octanol–water partition coefficient (Wildman–Crippen LogP) is -0.606. The number of methoxy groups -OCH3 is 1. The molecule has 0 fully saturated rings. The molecule has 2 heterocycles. The second kappa shape index (κ2) is 7.04. The largest absolute Gasteiger partial charge is 0.465 e. The van der Waals surface area contributed by atoms with Crippen LogP contribution in [0.1, 0.15) is 23.3 Å². The van der Waals surface area contributed by atoms with Crippen LogP contribution in [0.2, 0.25) is 0 Å². The fourth-order valence-corrected chi connectivity index (χ4v) is 2.44. The van der Waals surface area contributed by atoms with E-state index in [1.165, 1.54) is 35.0 Å². The highest BCUT2D eigenvalue weighted by molar-refractivity contribution is 6.02. The molecule has 1 aromatic carbocycles. The summed E-state index contributed by atoms with van der Waals surface area (Å²) in [5, 5.41) is 21.7. The average molecular weight is 358 g/mol. The standard InChI is InChI=1S/C14H14N8O4/c1-8(5-21-17-6-16-19-21)22-13(24)9-3-11(15-7-23)10(14(25)26-2)4-12(9)18-20-22/h3-4,6-8H,5H2,1-2H3,(H,15,23)/t8-/m1/s1. The molecule has 0 spiro atoms. The van der Waals surface area contributed by atoms with E-state index in [-0.39, 0.29) is 28.7 Å². The molecule has 0 bridgehead atoms. The van der Waals surface area contributed by atoms with Crippen LogP contribution in [0.15, 0.2) is 23.3 Å². The van der Waals surface area contributed by atoms with Crippen molar-refractivity contribution in [1.82, 2.24) is 35.2 Å². The maximum Gasteiger partial charge on any atom is 0.340 e. The van der Waals surface area contributed by atoms with E-state index in [0.29, 0.717) is 6.41 Å². The van der Waals surface area contributed by atoms with Crippen molar-refractivity contribution in [2.24, 2.45) is 0 Å². The summed E-state index contributed by atoms with van der Waals surface area (Å²) in [5.41, 5.74) is -0.0258. The molecule has 0 aliphatic heterocycles. The first kappa shape index (κ1) is 17.1. The molecule has 0 saturated carbocycles. The van der Waals surface area contributed by atoms with E-state index in [2.05, 4.69) is 35.8 Å². The molecular weight excluding hydrogens is 344 g/mol. The number of nitrogens with one attached hydrogen (secondary N) is 1. The Morgan fingerprint density at radius 1 is 1.38 bits per heavy atom. The molecule has 12 nitrogen and oxygen atoms in total. The molecule has 0 unspecified atom stereocenters. The lowest BCUT2D eigenvalue weighted by atomic mass is 10.1. The third kappa shape index (κ3) is 3.11. The SMILES string of the molecule is COC(=O)c1cc2nnn([C@H](C)Cn3ncnn3)c(=O)c2cc1NC=O. The van der Waals surface area contributed by atoms with Gasteiger partial charge in [-0.2, -0.15) is 4.80 Å². The van der Waals surface area contributed by atoms with Crippen molar-refractivity contribution < 1.29 is 14.3 Å². The molecule has 1 amide bonds. The molecule has 0 aliphatic carbocycles. The average Bonchev–Trinajstić information content (AvgIpc) is 3.14. The van der Waals surface area contributed by atoms with E-state index >= 15 is 0 Å². The van der Waals surface area contributed by atoms with Gasteiger partial charge >= 0.3 is 5.97 Å². The zero-order valence-electron chi connectivity index (χ0n) is 13.9. The van der Waals surface area contributed by atoms with Crippen molar-refractivity contribution in [2.45, 2.75) is 19.5 Å². The van der Waals surface area contributed by atoms with Gasteiger partial charge in [-0.3, -0.25) is 9.59 Å². The fourth-order valence-electron chi connectivity index (χ4n) is 2.44. The van der Waals surface area contributed by atoms with Gasteiger partial charge in [0.15, 0.2) is 6.33 Å². The topological polar surface area (TPSA) is 147 Å². The lowest BCUT2D eigenvalue weighted by Gasteiger charge is -2.13. The molecular formula is C14H14N8O4. The van der Waals surface area contributed by atoms with Gasteiger partial charge in [0.2, 0.25) is 6.41 Å². The minimum Gasteiger partial charge on any atom is -0.465 e. The maximum absolute atomic E-state index is 12.8. The summed E-state index contributed by atoms with van der Waals surface area (Å²) in [4.78, 5) is 36.8. The van der Waals surface area contributed by atoms with Gasteiger partial charge in [0, 0.05) is 0 Å². The Bertz CT molecular complexity index is 1010. The number of aromatic nitrogens is 7. The summed E-state index contributed by atoms with van der Waals surface area (Å²) in [6, 6.07) is 2.30. The summed E-state index contributed by atoms with van der Waals surface area (Å²) in [7, 11) is 1.21. The third-order valence-corrected chi connectivity index (χ3v) is 3.68. The Morgan fingerprint density at radius 2 is 2.19 bits per heavy atom. The van der Waals surface area contributed by atoms with Crippen LogP contribution >= 0.6 is 0 Å². The van der Waals surface area contributed by atoms with E-state index in [1.54, 1.807) is 6.92 Å². The molecule has 26 heavy (non-hydrogen) atoms. The quantitative estimate of drug-likeness (QED) is 0.450. The highest BCUT2D eigenvalue weighted by atomic mass is 16.5. The Labute approximate surface area is 145 Å². The Hall–Kier alpha value is -3.70. The number of benzene rings is 1. The fraction of sp³-hybridized carbons (Fsp3) is 0.286. The van der Waals surface area contributed by atoms with Gasteiger partial charge in [-0.05, 0) is 24.3 Å². The van der Waals surface area contributed by atoms with E-state index in [9.17, 15) is 14.4 Å². The van der Waals surface area contributed by atoms with Crippen molar-refractivity contribution in [3.8, 4) is 0 Å². The molecule has 1 N–H and O–H groups in total. The maximum atomic E-state index is 12.8. The first-order chi connectivity index (χ1) is 12.5. The Kier molecular flexibility index (Phi) is 4.64. The van der Waals surface area contributed by atoms with Crippen LogP contribution in [-0.2, 0) is 16.1 Å². The second-order valence-corrected chi connectivity index (χ2v) is 5.35. The molecule has 0 radical (unpaired) electrons. The number of nitrogens with zero attached hydrogens (tertiary/aromatic N) is 7. The molecule has 134 valence electrons. The van der Waals surface area contributed by atoms with Gasteiger partial charge in [-0.15, -0.1) is 15.3 Å². The number of carbonyl (C=O) groups is 2. The van der Waals surface area contributed by atoms with Crippen LogP contribution in [-0.4, -0.2) is 54.7 Å². The molecule has 3 aromatic rings. The van der Waals surface area contributed by atoms with Gasteiger partial charge < -0.3 is 10.1 Å². The number of ether oxygens (including phenoxy) is 1. The number of anilines is 1. The lowest BCUT2D eigenvalue weighted by molar-refractivity contribution is -0.105. The van der Waals surface area contributed by atoms with Gasteiger partial charge in [-0.25, -0.2) is 9.48 Å². The monoisotopic (exact) mass is 358 g/mol. The van der Waals surface area contributed by atoms with E-state index < -0.39 is 17.6 Å². The van der Waals surface area contributed by atoms with Crippen LogP contribution in [0.5, 0.6) is 0 Å². The number of rotatable bonds is 6. The number of carbonyl (C=O) groups excluding carboxylic acids is 2. The minimum absolute atomic E-state index is 0.0680. The van der Waals surface area contributed by atoms with Crippen molar-refractivity contribution in [3.63, 3.8) is 0 Å². The van der Waals surface area contributed by atoms with Crippen molar-refractivity contribution in [2.75, 3.05) is 12.4 Å². The van der Waals surface area contributed by atoms with Gasteiger partial charge in [-0.1, -0.05) is 5.21 Å². The number of hydrogen-bond donors (Lipinski definition) is 1. The number of tetrazole rings is 1. The summed E-state index contributed by atoms with van der Waals surface area (Å²) >= 11 is 0. The summed E-state index contributed by atoms with van der Waals surface area (Å²) in [6.07, 6.45) is 1.69. The highest BCUT2D eigenvalue weighted by Gasteiger charge is 2.18. The summed E-state index contributed by atoms with van der Waals surface area (Å²) in [5.74, 6) is -0.673. The van der Waals surface area contributed by atoms with Crippen molar-refractivity contribution in [1.29, 1.82) is 0 Å². The zero-order chi connectivity index (χ0) is 18.7.